The molecule has 0 aromatic rings. The number of carbonyl (C=O) groups excluding carboxylic acids is 1. The van der Waals surface area contributed by atoms with Gasteiger partial charge in [0.15, 0.2) is 0 Å². The van der Waals surface area contributed by atoms with Crippen LogP contribution >= 0.6 is 12.6 Å². The zero-order chi connectivity index (χ0) is 12.3. The van der Waals surface area contributed by atoms with E-state index < -0.39 is 16.8 Å². The van der Waals surface area contributed by atoms with Gasteiger partial charge in [-0.25, -0.2) is 4.79 Å². The number of nitrogens with one attached hydrogen (secondary N) is 1. The van der Waals surface area contributed by atoms with Gasteiger partial charge in [-0.15, -0.1) is 0 Å². The molecule has 0 aromatic heterocycles. The normalized spacial score (nSPS) is 20.8. The van der Waals surface area contributed by atoms with E-state index in [0.29, 0.717) is 12.8 Å². The van der Waals surface area contributed by atoms with E-state index in [1.807, 2.05) is 13.8 Å². The molecular formula is C11H19NO3S. The van der Waals surface area contributed by atoms with E-state index in [1.165, 1.54) is 0 Å². The van der Waals surface area contributed by atoms with E-state index >= 15 is 0 Å². The third-order valence-corrected chi connectivity index (χ3v) is 3.96. The topological polar surface area (TPSA) is 66.4 Å². The summed E-state index contributed by atoms with van der Waals surface area (Å²) in [6, 6.07) is 0. The molecule has 1 fully saturated rings. The molecule has 1 aliphatic rings. The minimum absolute atomic E-state index is 0.0931. The van der Waals surface area contributed by atoms with Crippen LogP contribution in [0.3, 0.4) is 0 Å². The summed E-state index contributed by atoms with van der Waals surface area (Å²) >= 11 is 4.19. The molecule has 16 heavy (non-hydrogen) atoms. The predicted octanol–water partition coefficient (Wildman–Crippen LogP) is 1.45. The number of thiol groups is 1. The van der Waals surface area contributed by atoms with Gasteiger partial charge in [-0.3, -0.25) is 4.79 Å². The Morgan fingerprint density at radius 3 is 2.19 bits per heavy atom. The van der Waals surface area contributed by atoms with Crippen LogP contribution in [0.4, 0.5) is 0 Å². The number of hydrogen-bond acceptors (Lipinski definition) is 3. The summed E-state index contributed by atoms with van der Waals surface area (Å²) < 4.78 is 0. The minimum Gasteiger partial charge on any atom is -0.480 e. The molecule has 0 heterocycles. The number of carboxylic acid groups (broad SMARTS) is 1. The molecule has 0 radical (unpaired) electrons. The Balaban J connectivity index is 2.70. The summed E-state index contributed by atoms with van der Waals surface area (Å²) in [4.78, 5) is 23.0. The molecule has 2 N–H and O–H groups in total. The van der Waals surface area contributed by atoms with Crippen molar-refractivity contribution in [2.24, 2.45) is 5.92 Å². The molecule has 1 aliphatic carbocycles. The third kappa shape index (κ3) is 2.70. The average molecular weight is 245 g/mol. The van der Waals surface area contributed by atoms with Crippen LogP contribution in [0.2, 0.25) is 0 Å². The van der Waals surface area contributed by atoms with Crippen molar-refractivity contribution >= 4 is 24.5 Å². The van der Waals surface area contributed by atoms with Crippen LogP contribution < -0.4 is 5.32 Å². The second-order valence-electron chi connectivity index (χ2n) is 4.77. The molecule has 0 bridgehead atoms. The first-order valence-corrected chi connectivity index (χ1v) is 6.14. The highest BCUT2D eigenvalue weighted by Gasteiger charge is 2.43. The van der Waals surface area contributed by atoms with E-state index in [4.69, 9.17) is 0 Å². The molecular weight excluding hydrogens is 226 g/mol. The maximum absolute atomic E-state index is 11.8. The number of carboxylic acids is 1. The highest BCUT2D eigenvalue weighted by Crippen LogP contribution is 2.30. The van der Waals surface area contributed by atoms with E-state index in [9.17, 15) is 14.7 Å². The van der Waals surface area contributed by atoms with Crippen molar-refractivity contribution in [1.29, 1.82) is 0 Å². The summed E-state index contributed by atoms with van der Waals surface area (Å²) in [6.07, 6.45) is 2.75. The monoisotopic (exact) mass is 245 g/mol. The van der Waals surface area contributed by atoms with Gasteiger partial charge in [0.05, 0.1) is 5.25 Å². The molecule has 1 rings (SSSR count). The lowest BCUT2D eigenvalue weighted by molar-refractivity contribution is -0.147. The van der Waals surface area contributed by atoms with Gasteiger partial charge in [-0.2, -0.15) is 12.6 Å². The fraction of sp³-hybridized carbons (Fsp3) is 0.818. The van der Waals surface area contributed by atoms with Crippen molar-refractivity contribution in [3.63, 3.8) is 0 Å². The molecule has 1 saturated carbocycles. The second kappa shape index (κ2) is 5.08. The Labute approximate surface area is 101 Å². The third-order valence-electron chi connectivity index (χ3n) is 3.13. The molecule has 92 valence electrons. The van der Waals surface area contributed by atoms with Gasteiger partial charge in [0.25, 0.3) is 0 Å². The Kier molecular flexibility index (Phi) is 4.24. The smallest absolute Gasteiger partial charge is 0.329 e. The van der Waals surface area contributed by atoms with Crippen molar-refractivity contribution in [2.45, 2.75) is 50.3 Å². The second-order valence-corrected chi connectivity index (χ2v) is 5.33. The van der Waals surface area contributed by atoms with Gasteiger partial charge >= 0.3 is 5.97 Å². The van der Waals surface area contributed by atoms with Crippen molar-refractivity contribution in [3.8, 4) is 0 Å². The number of carbonyl (C=O) groups is 2. The largest absolute Gasteiger partial charge is 0.480 e. The molecule has 0 aliphatic heterocycles. The fourth-order valence-corrected chi connectivity index (χ4v) is 2.05. The van der Waals surface area contributed by atoms with Gasteiger partial charge in [0.1, 0.15) is 5.54 Å². The number of aliphatic carboxylic acids is 1. The standard InChI is InChI=1S/C11H19NO3S/c1-7(2)8(16)9(13)12-11(10(14)15)5-3-4-6-11/h7-8,16H,3-6H2,1-2H3,(H,12,13)(H,14,15)/t8-/m0/s1. The average Bonchev–Trinajstić information content (AvgIpc) is 2.66. The Morgan fingerprint density at radius 1 is 1.31 bits per heavy atom. The van der Waals surface area contributed by atoms with Crippen LogP contribution in [0, 0.1) is 5.92 Å². The molecule has 4 nitrogen and oxygen atoms in total. The zero-order valence-electron chi connectivity index (χ0n) is 9.69. The minimum atomic E-state index is -1.05. The van der Waals surface area contributed by atoms with Crippen molar-refractivity contribution in [1.82, 2.24) is 5.32 Å². The SMILES string of the molecule is CC(C)[C@H](S)C(=O)NC1(C(=O)O)CCCC1. The summed E-state index contributed by atoms with van der Waals surface area (Å²) in [5.41, 5.74) is -1.05. The van der Waals surface area contributed by atoms with Crippen molar-refractivity contribution in [2.75, 3.05) is 0 Å². The maximum atomic E-state index is 11.8. The summed E-state index contributed by atoms with van der Waals surface area (Å²) in [6.45, 7) is 3.78. The summed E-state index contributed by atoms with van der Waals surface area (Å²) in [5, 5.41) is 11.4. The lowest BCUT2D eigenvalue weighted by atomic mass is 9.97. The van der Waals surface area contributed by atoms with Gasteiger partial charge in [0.2, 0.25) is 5.91 Å². The highest BCUT2D eigenvalue weighted by atomic mass is 32.1. The van der Waals surface area contributed by atoms with Gasteiger partial charge in [-0.1, -0.05) is 26.7 Å². The number of hydrogen-bond donors (Lipinski definition) is 3. The van der Waals surface area contributed by atoms with Crippen LogP contribution in [-0.4, -0.2) is 27.8 Å². The maximum Gasteiger partial charge on any atom is 0.329 e. The Bertz CT molecular complexity index is 285. The Hall–Kier alpha value is -0.710. The van der Waals surface area contributed by atoms with Gasteiger partial charge in [-0.05, 0) is 18.8 Å². The summed E-state index contributed by atoms with van der Waals surface area (Å²) in [5.74, 6) is -1.11. The van der Waals surface area contributed by atoms with Crippen LogP contribution in [0.5, 0.6) is 0 Å². The number of amides is 1. The van der Waals surface area contributed by atoms with E-state index in [0.717, 1.165) is 12.8 Å². The fourth-order valence-electron chi connectivity index (χ4n) is 1.98. The van der Waals surface area contributed by atoms with Crippen LogP contribution in [0.1, 0.15) is 39.5 Å². The molecule has 1 amide bonds. The lowest BCUT2D eigenvalue weighted by Crippen LogP contribution is -2.55. The van der Waals surface area contributed by atoms with E-state index in [-0.39, 0.29) is 11.8 Å². The Morgan fingerprint density at radius 2 is 1.81 bits per heavy atom. The predicted molar refractivity (Wildman–Crippen MR) is 64.6 cm³/mol. The van der Waals surface area contributed by atoms with E-state index in [1.54, 1.807) is 0 Å². The first-order chi connectivity index (χ1) is 7.39. The zero-order valence-corrected chi connectivity index (χ0v) is 10.6. The molecule has 1 atom stereocenters. The molecule has 0 unspecified atom stereocenters. The molecule has 0 spiro atoms. The first kappa shape index (κ1) is 13.4. The van der Waals surface area contributed by atoms with Crippen LogP contribution in [-0.2, 0) is 9.59 Å². The van der Waals surface area contributed by atoms with Gasteiger partial charge < -0.3 is 10.4 Å². The lowest BCUT2D eigenvalue weighted by Gasteiger charge is -2.27. The number of rotatable bonds is 4. The van der Waals surface area contributed by atoms with Crippen molar-refractivity contribution < 1.29 is 14.7 Å². The van der Waals surface area contributed by atoms with Crippen molar-refractivity contribution in [3.05, 3.63) is 0 Å². The van der Waals surface area contributed by atoms with Crippen LogP contribution in [0.25, 0.3) is 0 Å². The highest BCUT2D eigenvalue weighted by molar-refractivity contribution is 7.81. The first-order valence-electron chi connectivity index (χ1n) is 5.62. The summed E-state index contributed by atoms with van der Waals surface area (Å²) in [7, 11) is 0. The van der Waals surface area contributed by atoms with Crippen LogP contribution in [0.15, 0.2) is 0 Å². The quantitative estimate of drug-likeness (QED) is 0.657. The molecule has 0 aromatic carbocycles. The molecule has 5 heteroatoms. The van der Waals surface area contributed by atoms with E-state index in [2.05, 4.69) is 17.9 Å². The van der Waals surface area contributed by atoms with Gasteiger partial charge in [0, 0.05) is 0 Å². The molecule has 0 saturated heterocycles.